The molecule has 1 rings (SSSR count). The second-order valence-electron chi connectivity index (χ2n) is 3.71. The fraction of sp³-hybridized carbons (Fsp3) is 0.462. The highest BCUT2D eigenvalue weighted by Crippen LogP contribution is 2.31. The van der Waals surface area contributed by atoms with Gasteiger partial charge in [-0.1, -0.05) is 13.8 Å². The topological polar surface area (TPSA) is 49.3 Å². The molecule has 1 aromatic carbocycles. The second kappa shape index (κ2) is 7.84. The van der Waals surface area contributed by atoms with Gasteiger partial charge in [0.25, 0.3) is 0 Å². The van der Waals surface area contributed by atoms with Gasteiger partial charge in [-0.15, -0.1) is 0 Å². The third-order valence-corrected chi connectivity index (χ3v) is 2.21. The smallest absolute Gasteiger partial charge is 0.394 e. The van der Waals surface area contributed by atoms with Crippen molar-refractivity contribution in [1.29, 1.82) is 0 Å². The van der Waals surface area contributed by atoms with Crippen LogP contribution in [0.2, 0.25) is 0 Å². The lowest BCUT2D eigenvalue weighted by molar-refractivity contribution is -0.137. The van der Waals surface area contributed by atoms with E-state index in [9.17, 15) is 22.4 Å². The van der Waals surface area contributed by atoms with Crippen LogP contribution in [-0.2, 0) is 11.0 Å². The third kappa shape index (κ3) is 5.56. The van der Waals surface area contributed by atoms with Crippen LogP contribution in [0.15, 0.2) is 18.2 Å². The van der Waals surface area contributed by atoms with Gasteiger partial charge in [0.1, 0.15) is 5.82 Å². The molecule has 0 saturated heterocycles. The zero-order chi connectivity index (χ0) is 15.9. The van der Waals surface area contributed by atoms with Gasteiger partial charge in [0, 0.05) is 6.92 Å². The maximum atomic E-state index is 13.1. The summed E-state index contributed by atoms with van der Waals surface area (Å²) in [5.74, 6) is -1.62. The van der Waals surface area contributed by atoms with E-state index in [-0.39, 0.29) is 5.56 Å². The number of carbonyl (C=O) groups excluding carboxylic acids is 1. The number of halogens is 4. The maximum absolute atomic E-state index is 13.1. The first-order valence-electron chi connectivity index (χ1n) is 5.99. The molecule has 0 aromatic heterocycles. The van der Waals surface area contributed by atoms with E-state index in [0.29, 0.717) is 12.1 Å². The summed E-state index contributed by atoms with van der Waals surface area (Å²) >= 11 is 0. The number of benzene rings is 1. The number of carbonyl (C=O) groups is 1. The molecule has 0 fully saturated rings. The van der Waals surface area contributed by atoms with Crippen molar-refractivity contribution in [2.45, 2.75) is 33.0 Å². The Balaban J connectivity index is 0.00000172. The molecule has 0 aliphatic heterocycles. The molecule has 0 saturated carbocycles. The van der Waals surface area contributed by atoms with Gasteiger partial charge < -0.3 is 10.4 Å². The summed E-state index contributed by atoms with van der Waals surface area (Å²) in [6.45, 7) is 4.52. The Morgan fingerprint density at radius 3 is 2.25 bits per heavy atom. The Morgan fingerprint density at radius 2 is 1.85 bits per heavy atom. The standard InChI is InChI=1S/C11H11F4NO2.C2H6/c1-6(18)16-10(5-17)7-2-8(11(13,14)15)4-9(12)3-7;1-2/h2-4,10,17H,5H2,1H3,(H,16,18);1-2H3. The molecule has 2 N–H and O–H groups in total. The van der Waals surface area contributed by atoms with Gasteiger partial charge in [0.15, 0.2) is 0 Å². The van der Waals surface area contributed by atoms with E-state index in [0.717, 1.165) is 13.0 Å². The van der Waals surface area contributed by atoms with E-state index in [1.807, 2.05) is 13.8 Å². The molecule has 0 aliphatic carbocycles. The summed E-state index contributed by atoms with van der Waals surface area (Å²) in [6.07, 6.45) is -4.69. The van der Waals surface area contributed by atoms with Crippen LogP contribution in [0, 0.1) is 5.82 Å². The SMILES string of the molecule is CC.CC(=O)NC(CO)c1cc(F)cc(C(F)(F)F)c1. The van der Waals surface area contributed by atoms with Crippen molar-refractivity contribution in [2.75, 3.05) is 6.61 Å². The molecule has 3 nitrogen and oxygen atoms in total. The average molecular weight is 295 g/mol. The van der Waals surface area contributed by atoms with Gasteiger partial charge in [-0.05, 0) is 23.8 Å². The first-order chi connectivity index (χ1) is 9.24. The van der Waals surface area contributed by atoms with Crippen LogP contribution in [0.25, 0.3) is 0 Å². The number of aliphatic hydroxyl groups excluding tert-OH is 1. The van der Waals surface area contributed by atoms with Gasteiger partial charge in [0.05, 0.1) is 18.2 Å². The summed E-state index contributed by atoms with van der Waals surface area (Å²) in [7, 11) is 0. The van der Waals surface area contributed by atoms with E-state index in [1.54, 1.807) is 0 Å². The fourth-order valence-corrected chi connectivity index (χ4v) is 1.46. The lowest BCUT2D eigenvalue weighted by Gasteiger charge is -2.17. The second-order valence-corrected chi connectivity index (χ2v) is 3.71. The molecule has 7 heteroatoms. The summed E-state index contributed by atoms with van der Waals surface area (Å²) in [5.41, 5.74) is -1.30. The minimum Gasteiger partial charge on any atom is -0.394 e. The first-order valence-corrected chi connectivity index (χ1v) is 5.99. The zero-order valence-electron chi connectivity index (χ0n) is 11.4. The Hall–Kier alpha value is -1.63. The minimum absolute atomic E-state index is 0.139. The molecule has 1 atom stereocenters. The van der Waals surface area contributed by atoms with Crippen LogP contribution < -0.4 is 5.32 Å². The van der Waals surface area contributed by atoms with Gasteiger partial charge >= 0.3 is 6.18 Å². The van der Waals surface area contributed by atoms with Crippen molar-refractivity contribution in [1.82, 2.24) is 5.32 Å². The molecular weight excluding hydrogens is 278 g/mol. The highest BCUT2D eigenvalue weighted by Gasteiger charge is 2.32. The van der Waals surface area contributed by atoms with Gasteiger partial charge in [-0.25, -0.2) is 4.39 Å². The van der Waals surface area contributed by atoms with Gasteiger partial charge in [-0.2, -0.15) is 13.2 Å². The molecule has 0 heterocycles. The predicted octanol–water partition coefficient (Wildman–Crippen LogP) is 3.04. The lowest BCUT2D eigenvalue weighted by atomic mass is 10.0. The van der Waals surface area contributed by atoms with Crippen molar-refractivity contribution >= 4 is 5.91 Å². The molecule has 0 aliphatic rings. The zero-order valence-corrected chi connectivity index (χ0v) is 11.4. The lowest BCUT2D eigenvalue weighted by Crippen LogP contribution is -2.29. The van der Waals surface area contributed by atoms with Crippen LogP contribution in [0.1, 0.15) is 37.9 Å². The minimum atomic E-state index is -4.69. The van der Waals surface area contributed by atoms with Crippen molar-refractivity contribution in [3.63, 3.8) is 0 Å². The van der Waals surface area contributed by atoms with Crippen LogP contribution in [0.5, 0.6) is 0 Å². The fourth-order valence-electron chi connectivity index (χ4n) is 1.46. The maximum Gasteiger partial charge on any atom is 0.416 e. The summed E-state index contributed by atoms with van der Waals surface area (Å²) in [5, 5.41) is 11.2. The molecule has 114 valence electrons. The highest BCUT2D eigenvalue weighted by atomic mass is 19.4. The van der Waals surface area contributed by atoms with Crippen LogP contribution in [0.3, 0.4) is 0 Å². The predicted molar refractivity (Wildman–Crippen MR) is 66.4 cm³/mol. The van der Waals surface area contributed by atoms with E-state index in [4.69, 9.17) is 5.11 Å². The molecule has 1 amide bonds. The van der Waals surface area contributed by atoms with E-state index >= 15 is 0 Å². The Morgan fingerprint density at radius 1 is 1.30 bits per heavy atom. The molecule has 1 unspecified atom stereocenters. The van der Waals surface area contributed by atoms with E-state index < -0.39 is 36.1 Å². The number of alkyl halides is 3. The number of aliphatic hydroxyl groups is 1. The molecule has 1 aromatic rings. The number of nitrogens with one attached hydrogen (secondary N) is 1. The number of hydrogen-bond acceptors (Lipinski definition) is 2. The normalized spacial score (nSPS) is 12.2. The van der Waals surface area contributed by atoms with Crippen molar-refractivity contribution in [2.24, 2.45) is 0 Å². The quantitative estimate of drug-likeness (QED) is 0.842. The van der Waals surface area contributed by atoms with Crippen LogP contribution >= 0.6 is 0 Å². The van der Waals surface area contributed by atoms with Gasteiger partial charge in [0.2, 0.25) is 5.91 Å². The van der Waals surface area contributed by atoms with Crippen molar-refractivity contribution < 1.29 is 27.5 Å². The Bertz CT molecular complexity index is 446. The molecule has 0 spiro atoms. The number of hydrogen-bond donors (Lipinski definition) is 2. The summed E-state index contributed by atoms with van der Waals surface area (Å²) < 4.78 is 50.5. The Labute approximate surface area is 114 Å². The number of rotatable bonds is 3. The van der Waals surface area contributed by atoms with Crippen LogP contribution in [-0.4, -0.2) is 17.6 Å². The van der Waals surface area contributed by atoms with Crippen molar-refractivity contribution in [3.05, 3.63) is 35.1 Å². The summed E-state index contributed by atoms with van der Waals surface area (Å²) in [4.78, 5) is 10.8. The first kappa shape index (κ1) is 18.4. The molecule has 0 radical (unpaired) electrons. The molecule has 20 heavy (non-hydrogen) atoms. The van der Waals surface area contributed by atoms with Gasteiger partial charge in [-0.3, -0.25) is 4.79 Å². The molecule has 0 bridgehead atoms. The third-order valence-electron chi connectivity index (χ3n) is 2.21. The average Bonchev–Trinajstić information content (AvgIpc) is 2.36. The largest absolute Gasteiger partial charge is 0.416 e. The number of amides is 1. The van der Waals surface area contributed by atoms with E-state index in [2.05, 4.69) is 5.32 Å². The molecular formula is C13H17F4NO2. The monoisotopic (exact) mass is 295 g/mol. The highest BCUT2D eigenvalue weighted by molar-refractivity contribution is 5.73. The Kier molecular flexibility index (Phi) is 7.20. The van der Waals surface area contributed by atoms with E-state index in [1.165, 1.54) is 0 Å². The van der Waals surface area contributed by atoms with Crippen LogP contribution in [0.4, 0.5) is 17.6 Å². The van der Waals surface area contributed by atoms with Crippen molar-refractivity contribution in [3.8, 4) is 0 Å². The summed E-state index contributed by atoms with van der Waals surface area (Å²) in [6, 6.07) is 0.816.